The van der Waals surface area contributed by atoms with Gasteiger partial charge in [0, 0.05) is 0 Å². The fraction of sp³-hybridized carbons (Fsp3) is 0. The normalized spacial score (nSPS) is 10.9. The molecule has 0 radical (unpaired) electrons. The molecular weight excluding hydrogens is 336 g/mol. The molecule has 0 unspecified atom stereocenters. The standard InChI is InChI=1S/C28H20/c1-2-11-21(12-3-1)23-16-6-7-17-25(23)27-18-8-9-19-28(27)26-20-10-14-22-13-4-5-15-24(22)26/h1-20H. The first kappa shape index (κ1) is 16.5. The molecule has 0 nitrogen and oxygen atoms in total. The summed E-state index contributed by atoms with van der Waals surface area (Å²) in [5, 5.41) is 2.56. The summed E-state index contributed by atoms with van der Waals surface area (Å²) in [6, 6.07) is 43.2. The average molecular weight is 356 g/mol. The van der Waals surface area contributed by atoms with Gasteiger partial charge in [-0.05, 0) is 44.2 Å². The van der Waals surface area contributed by atoms with Gasteiger partial charge in [0.15, 0.2) is 0 Å². The lowest BCUT2D eigenvalue weighted by Gasteiger charge is -2.16. The van der Waals surface area contributed by atoms with Crippen LogP contribution in [0.25, 0.3) is 44.2 Å². The zero-order chi connectivity index (χ0) is 18.8. The van der Waals surface area contributed by atoms with Crippen LogP contribution in [0, 0.1) is 0 Å². The molecule has 0 fully saturated rings. The molecule has 28 heavy (non-hydrogen) atoms. The fourth-order valence-electron chi connectivity index (χ4n) is 4.00. The van der Waals surface area contributed by atoms with Crippen molar-refractivity contribution >= 4 is 10.8 Å². The summed E-state index contributed by atoms with van der Waals surface area (Å²) in [5.74, 6) is 0. The van der Waals surface area contributed by atoms with E-state index in [9.17, 15) is 0 Å². The lowest BCUT2D eigenvalue weighted by molar-refractivity contribution is 1.57. The zero-order valence-electron chi connectivity index (χ0n) is 15.5. The highest BCUT2D eigenvalue weighted by atomic mass is 14.2. The third kappa shape index (κ3) is 2.90. The van der Waals surface area contributed by atoms with Crippen molar-refractivity contribution in [1.29, 1.82) is 0 Å². The molecule has 0 saturated carbocycles. The summed E-state index contributed by atoms with van der Waals surface area (Å²) in [5.41, 5.74) is 7.57. The maximum absolute atomic E-state index is 2.24. The van der Waals surface area contributed by atoms with Gasteiger partial charge in [0.05, 0.1) is 0 Å². The van der Waals surface area contributed by atoms with Crippen molar-refractivity contribution in [1.82, 2.24) is 0 Å². The first-order chi connectivity index (χ1) is 13.9. The molecule has 0 aromatic heterocycles. The average Bonchev–Trinajstić information content (AvgIpc) is 2.79. The van der Waals surface area contributed by atoms with Gasteiger partial charge in [-0.3, -0.25) is 0 Å². The van der Waals surface area contributed by atoms with Gasteiger partial charge in [0.25, 0.3) is 0 Å². The molecule has 0 heterocycles. The Morgan fingerprint density at radius 1 is 0.286 bits per heavy atom. The van der Waals surface area contributed by atoms with E-state index < -0.39 is 0 Å². The Hall–Kier alpha value is -3.64. The highest BCUT2D eigenvalue weighted by Gasteiger charge is 2.13. The molecule has 0 bridgehead atoms. The van der Waals surface area contributed by atoms with E-state index in [-0.39, 0.29) is 0 Å². The van der Waals surface area contributed by atoms with Gasteiger partial charge < -0.3 is 0 Å². The Morgan fingerprint density at radius 2 is 0.750 bits per heavy atom. The third-order valence-corrected chi connectivity index (χ3v) is 5.31. The highest BCUT2D eigenvalue weighted by Crippen LogP contribution is 2.39. The minimum atomic E-state index is 1.24. The number of hydrogen-bond acceptors (Lipinski definition) is 0. The maximum atomic E-state index is 2.24. The van der Waals surface area contributed by atoms with Gasteiger partial charge in [-0.1, -0.05) is 121 Å². The molecule has 5 aromatic carbocycles. The molecule has 0 spiro atoms. The maximum Gasteiger partial charge on any atom is -0.00990 e. The largest absolute Gasteiger partial charge is 0.0622 e. The molecule has 0 N–H and O–H groups in total. The van der Waals surface area contributed by atoms with Crippen molar-refractivity contribution < 1.29 is 0 Å². The first-order valence-electron chi connectivity index (χ1n) is 9.64. The Kier molecular flexibility index (Phi) is 4.23. The van der Waals surface area contributed by atoms with Gasteiger partial charge in [-0.15, -0.1) is 0 Å². The lowest BCUT2D eigenvalue weighted by Crippen LogP contribution is -1.89. The van der Waals surface area contributed by atoms with Crippen molar-refractivity contribution in [3.63, 3.8) is 0 Å². The van der Waals surface area contributed by atoms with Gasteiger partial charge in [-0.25, -0.2) is 0 Å². The summed E-state index contributed by atoms with van der Waals surface area (Å²) in [6.07, 6.45) is 0. The second-order valence-electron chi connectivity index (χ2n) is 6.98. The summed E-state index contributed by atoms with van der Waals surface area (Å²) >= 11 is 0. The van der Waals surface area contributed by atoms with Gasteiger partial charge in [-0.2, -0.15) is 0 Å². The monoisotopic (exact) mass is 356 g/mol. The second-order valence-corrected chi connectivity index (χ2v) is 6.98. The molecule has 0 heteroatoms. The van der Waals surface area contributed by atoms with Crippen LogP contribution in [0.2, 0.25) is 0 Å². The van der Waals surface area contributed by atoms with Crippen molar-refractivity contribution in [3.05, 3.63) is 121 Å². The Bertz CT molecular complexity index is 1240. The minimum absolute atomic E-state index is 1.24. The van der Waals surface area contributed by atoms with Crippen LogP contribution in [0.4, 0.5) is 0 Å². The summed E-state index contributed by atoms with van der Waals surface area (Å²) in [7, 11) is 0. The van der Waals surface area contributed by atoms with E-state index in [0.29, 0.717) is 0 Å². The van der Waals surface area contributed by atoms with E-state index in [1.807, 2.05) is 0 Å². The van der Waals surface area contributed by atoms with Gasteiger partial charge in [0.1, 0.15) is 0 Å². The first-order valence-corrected chi connectivity index (χ1v) is 9.64. The molecule has 0 amide bonds. The number of benzene rings is 5. The Balaban J connectivity index is 1.77. The Morgan fingerprint density at radius 3 is 1.50 bits per heavy atom. The molecule has 5 rings (SSSR count). The van der Waals surface area contributed by atoms with Gasteiger partial charge >= 0.3 is 0 Å². The SMILES string of the molecule is c1ccc(-c2ccccc2-c2ccccc2-c2cccc3ccccc23)cc1. The van der Waals surface area contributed by atoms with Crippen LogP contribution in [0.1, 0.15) is 0 Å². The number of hydrogen-bond donors (Lipinski definition) is 0. The van der Waals surface area contributed by atoms with E-state index >= 15 is 0 Å². The third-order valence-electron chi connectivity index (χ3n) is 5.31. The van der Waals surface area contributed by atoms with E-state index in [0.717, 1.165) is 0 Å². The van der Waals surface area contributed by atoms with E-state index in [1.54, 1.807) is 0 Å². The molecular formula is C28H20. The van der Waals surface area contributed by atoms with E-state index in [2.05, 4.69) is 121 Å². The fourth-order valence-corrected chi connectivity index (χ4v) is 4.00. The predicted octanol–water partition coefficient (Wildman–Crippen LogP) is 7.84. The summed E-state index contributed by atoms with van der Waals surface area (Å²) in [6.45, 7) is 0. The predicted molar refractivity (Wildman–Crippen MR) is 120 cm³/mol. The van der Waals surface area contributed by atoms with Crippen LogP contribution >= 0.6 is 0 Å². The summed E-state index contributed by atoms with van der Waals surface area (Å²) in [4.78, 5) is 0. The lowest BCUT2D eigenvalue weighted by atomic mass is 9.88. The Labute approximate surface area is 165 Å². The minimum Gasteiger partial charge on any atom is -0.0622 e. The van der Waals surface area contributed by atoms with Gasteiger partial charge in [0.2, 0.25) is 0 Å². The van der Waals surface area contributed by atoms with Crippen molar-refractivity contribution in [2.24, 2.45) is 0 Å². The van der Waals surface area contributed by atoms with E-state index in [1.165, 1.54) is 44.2 Å². The highest BCUT2D eigenvalue weighted by molar-refractivity contribution is 6.01. The molecule has 5 aromatic rings. The van der Waals surface area contributed by atoms with Crippen molar-refractivity contribution in [2.45, 2.75) is 0 Å². The molecule has 0 aliphatic carbocycles. The van der Waals surface area contributed by atoms with Crippen molar-refractivity contribution in [2.75, 3.05) is 0 Å². The molecule has 132 valence electrons. The molecule has 0 saturated heterocycles. The van der Waals surface area contributed by atoms with Crippen LogP contribution in [0.3, 0.4) is 0 Å². The van der Waals surface area contributed by atoms with Crippen LogP contribution in [-0.2, 0) is 0 Å². The molecule has 0 atom stereocenters. The molecule has 0 aliphatic rings. The zero-order valence-corrected chi connectivity index (χ0v) is 15.5. The van der Waals surface area contributed by atoms with Crippen molar-refractivity contribution in [3.8, 4) is 33.4 Å². The van der Waals surface area contributed by atoms with Crippen LogP contribution < -0.4 is 0 Å². The smallest absolute Gasteiger partial charge is 0.00990 e. The van der Waals surface area contributed by atoms with Crippen LogP contribution in [0.5, 0.6) is 0 Å². The second kappa shape index (κ2) is 7.17. The summed E-state index contributed by atoms with van der Waals surface area (Å²) < 4.78 is 0. The number of rotatable bonds is 3. The molecule has 0 aliphatic heterocycles. The van der Waals surface area contributed by atoms with Crippen LogP contribution in [0.15, 0.2) is 121 Å². The van der Waals surface area contributed by atoms with E-state index in [4.69, 9.17) is 0 Å². The van der Waals surface area contributed by atoms with Crippen LogP contribution in [-0.4, -0.2) is 0 Å². The topological polar surface area (TPSA) is 0 Å². The number of fused-ring (bicyclic) bond motifs is 1. The quantitative estimate of drug-likeness (QED) is 0.309.